The van der Waals surface area contributed by atoms with E-state index in [1.54, 1.807) is 0 Å². The molecule has 0 aliphatic heterocycles. The van der Waals surface area contributed by atoms with Crippen molar-refractivity contribution in [1.29, 1.82) is 0 Å². The molecule has 0 heterocycles. The highest BCUT2D eigenvalue weighted by Gasteiger charge is 2.24. The van der Waals surface area contributed by atoms with Crippen LogP contribution in [0, 0.1) is 11.8 Å². The highest BCUT2D eigenvalue weighted by Crippen LogP contribution is 2.25. The fourth-order valence-corrected chi connectivity index (χ4v) is 8.42. The standard InChI is InChI=1S/C52H103NO6/c1-7-13-18-19-20-29-42-53(12-6)52(56)50(58-44-31-21-27-38-49(54)39-32-37-47(33-23-14-8-2)34-24-15-9-3)46-57-43-30-22-28-40-51(55)59-45-41-48(35-25-16-10-4)36-26-17-11-5/h47-50,54H,7-46H2,1-6H3/t49-,50?/m1/s1. The Bertz CT molecular complexity index is 865. The van der Waals surface area contributed by atoms with Gasteiger partial charge in [-0.25, -0.2) is 0 Å². The molecule has 352 valence electrons. The fourth-order valence-electron chi connectivity index (χ4n) is 8.42. The maximum atomic E-state index is 13.7. The highest BCUT2D eigenvalue weighted by atomic mass is 16.5. The van der Waals surface area contributed by atoms with Crippen LogP contribution in [0.3, 0.4) is 0 Å². The van der Waals surface area contributed by atoms with Crippen molar-refractivity contribution >= 4 is 11.9 Å². The van der Waals surface area contributed by atoms with Crippen LogP contribution in [-0.4, -0.2) is 73.6 Å². The van der Waals surface area contributed by atoms with Crippen molar-refractivity contribution in [3.05, 3.63) is 0 Å². The summed E-state index contributed by atoms with van der Waals surface area (Å²) in [6, 6.07) is 0. The molecule has 0 aromatic heterocycles. The molecule has 0 aliphatic carbocycles. The summed E-state index contributed by atoms with van der Waals surface area (Å²) in [4.78, 5) is 28.1. The number of carbonyl (C=O) groups is 2. The molecule has 0 radical (unpaired) electrons. The molecule has 59 heavy (non-hydrogen) atoms. The second-order valence-electron chi connectivity index (χ2n) is 18.1. The quantitative estimate of drug-likeness (QED) is 0.0485. The zero-order valence-electron chi connectivity index (χ0n) is 40.5. The van der Waals surface area contributed by atoms with Crippen molar-refractivity contribution in [3.63, 3.8) is 0 Å². The molecule has 1 unspecified atom stereocenters. The maximum absolute atomic E-state index is 13.7. The summed E-state index contributed by atoms with van der Waals surface area (Å²) < 4.78 is 17.9. The van der Waals surface area contributed by atoms with Crippen LogP contribution < -0.4 is 0 Å². The third kappa shape index (κ3) is 37.1. The van der Waals surface area contributed by atoms with Gasteiger partial charge in [-0.3, -0.25) is 9.59 Å². The molecule has 1 amide bonds. The Morgan fingerprint density at radius 3 is 1.53 bits per heavy atom. The third-order valence-corrected chi connectivity index (χ3v) is 12.5. The fraction of sp³-hybridized carbons (Fsp3) is 0.962. The maximum Gasteiger partial charge on any atom is 0.305 e. The summed E-state index contributed by atoms with van der Waals surface area (Å²) >= 11 is 0. The molecule has 0 saturated carbocycles. The van der Waals surface area contributed by atoms with Crippen molar-refractivity contribution < 1.29 is 28.9 Å². The molecule has 0 fully saturated rings. The van der Waals surface area contributed by atoms with E-state index in [1.165, 1.54) is 135 Å². The predicted octanol–water partition coefficient (Wildman–Crippen LogP) is 14.7. The first-order chi connectivity index (χ1) is 28.9. The number of hydrogen-bond donors (Lipinski definition) is 1. The number of nitrogens with zero attached hydrogens (tertiary/aromatic N) is 1. The summed E-state index contributed by atoms with van der Waals surface area (Å²) in [5.74, 6) is 1.47. The second kappa shape index (κ2) is 44.9. The van der Waals surface area contributed by atoms with Gasteiger partial charge in [-0.05, 0) is 63.7 Å². The van der Waals surface area contributed by atoms with Gasteiger partial charge >= 0.3 is 5.97 Å². The average molecular weight is 838 g/mol. The van der Waals surface area contributed by atoms with E-state index in [4.69, 9.17) is 14.2 Å². The summed E-state index contributed by atoms with van der Waals surface area (Å²) in [6.07, 6.45) is 38.2. The number of esters is 1. The number of rotatable bonds is 47. The van der Waals surface area contributed by atoms with Gasteiger partial charge in [0.1, 0.15) is 0 Å². The SMILES string of the molecule is CCCCCCCCN(CC)C(=O)C(COCCCCCC(=O)OCCC(CCCCC)CCCCC)OCCCCC[C@@H](O)CCCC(CCCCC)CCCCC. The number of carbonyl (C=O) groups excluding carboxylic acids is 2. The van der Waals surface area contributed by atoms with Crippen molar-refractivity contribution in [2.45, 2.75) is 272 Å². The summed E-state index contributed by atoms with van der Waals surface area (Å²) in [5.41, 5.74) is 0. The lowest BCUT2D eigenvalue weighted by molar-refractivity contribution is -0.148. The summed E-state index contributed by atoms with van der Waals surface area (Å²) in [7, 11) is 0. The molecule has 0 aromatic carbocycles. The lowest BCUT2D eigenvalue weighted by atomic mass is 9.89. The molecule has 0 aliphatic rings. The Hall–Kier alpha value is -1.18. The van der Waals surface area contributed by atoms with Crippen molar-refractivity contribution in [2.75, 3.05) is 39.5 Å². The van der Waals surface area contributed by atoms with E-state index in [1.807, 2.05) is 4.90 Å². The molecule has 7 heteroatoms. The minimum Gasteiger partial charge on any atom is -0.466 e. The Balaban J connectivity index is 4.67. The number of aliphatic hydroxyl groups is 1. The van der Waals surface area contributed by atoms with E-state index < -0.39 is 6.10 Å². The summed E-state index contributed by atoms with van der Waals surface area (Å²) in [5, 5.41) is 10.7. The lowest BCUT2D eigenvalue weighted by Crippen LogP contribution is -2.43. The van der Waals surface area contributed by atoms with E-state index in [2.05, 4.69) is 41.5 Å². The first-order valence-corrected chi connectivity index (χ1v) is 26.2. The molecule has 7 nitrogen and oxygen atoms in total. The van der Waals surface area contributed by atoms with Gasteiger partial charge in [-0.1, -0.05) is 202 Å². The van der Waals surface area contributed by atoms with E-state index in [9.17, 15) is 14.7 Å². The van der Waals surface area contributed by atoms with Crippen LogP contribution in [-0.2, 0) is 23.8 Å². The number of unbranched alkanes of at least 4 members (excludes halogenated alkanes) is 17. The first-order valence-electron chi connectivity index (χ1n) is 26.2. The molecule has 1 N–H and O–H groups in total. The normalized spacial score (nSPS) is 12.8. The number of amides is 1. The Labute approximate surface area is 368 Å². The van der Waals surface area contributed by atoms with Crippen LogP contribution in [0.15, 0.2) is 0 Å². The highest BCUT2D eigenvalue weighted by molar-refractivity contribution is 5.81. The van der Waals surface area contributed by atoms with E-state index in [0.29, 0.717) is 38.7 Å². The molecular weight excluding hydrogens is 735 g/mol. The summed E-state index contributed by atoms with van der Waals surface area (Å²) in [6.45, 7) is 16.7. The average Bonchev–Trinajstić information content (AvgIpc) is 3.23. The van der Waals surface area contributed by atoms with Crippen molar-refractivity contribution in [2.24, 2.45) is 11.8 Å². The molecule has 0 spiro atoms. The largest absolute Gasteiger partial charge is 0.466 e. The van der Waals surface area contributed by atoms with Gasteiger partial charge in [0.15, 0.2) is 6.10 Å². The lowest BCUT2D eigenvalue weighted by Gasteiger charge is -2.26. The Morgan fingerprint density at radius 2 is 0.932 bits per heavy atom. The van der Waals surface area contributed by atoms with Gasteiger partial charge in [0.2, 0.25) is 0 Å². The molecule has 0 rings (SSSR count). The molecule has 0 saturated heterocycles. The minimum absolute atomic E-state index is 0.0416. The van der Waals surface area contributed by atoms with Gasteiger partial charge in [-0.15, -0.1) is 0 Å². The van der Waals surface area contributed by atoms with Crippen LogP contribution >= 0.6 is 0 Å². The third-order valence-electron chi connectivity index (χ3n) is 12.5. The second-order valence-corrected chi connectivity index (χ2v) is 18.1. The zero-order chi connectivity index (χ0) is 43.4. The van der Waals surface area contributed by atoms with Gasteiger partial charge in [0, 0.05) is 32.7 Å². The van der Waals surface area contributed by atoms with Gasteiger partial charge in [0.05, 0.1) is 19.3 Å². The van der Waals surface area contributed by atoms with Crippen LogP contribution in [0.25, 0.3) is 0 Å². The number of aliphatic hydroxyl groups excluding tert-OH is 1. The van der Waals surface area contributed by atoms with E-state index >= 15 is 0 Å². The van der Waals surface area contributed by atoms with E-state index in [0.717, 1.165) is 89.5 Å². The Kier molecular flexibility index (Phi) is 44.0. The van der Waals surface area contributed by atoms with E-state index in [-0.39, 0.29) is 24.6 Å². The monoisotopic (exact) mass is 838 g/mol. The van der Waals surface area contributed by atoms with Crippen LogP contribution in [0.1, 0.15) is 260 Å². The van der Waals surface area contributed by atoms with Crippen molar-refractivity contribution in [3.8, 4) is 0 Å². The zero-order valence-corrected chi connectivity index (χ0v) is 40.5. The van der Waals surface area contributed by atoms with Crippen LogP contribution in [0.5, 0.6) is 0 Å². The first kappa shape index (κ1) is 57.8. The Morgan fingerprint density at radius 1 is 0.475 bits per heavy atom. The van der Waals surface area contributed by atoms with Gasteiger partial charge in [0.25, 0.3) is 5.91 Å². The van der Waals surface area contributed by atoms with Crippen LogP contribution in [0.4, 0.5) is 0 Å². The minimum atomic E-state index is -0.592. The predicted molar refractivity (Wildman–Crippen MR) is 252 cm³/mol. The van der Waals surface area contributed by atoms with Crippen LogP contribution in [0.2, 0.25) is 0 Å². The van der Waals surface area contributed by atoms with Gasteiger partial charge < -0.3 is 24.2 Å². The number of hydrogen-bond acceptors (Lipinski definition) is 6. The van der Waals surface area contributed by atoms with Gasteiger partial charge in [-0.2, -0.15) is 0 Å². The molecule has 2 atom stereocenters. The van der Waals surface area contributed by atoms with Crippen molar-refractivity contribution in [1.82, 2.24) is 4.90 Å². The molecule has 0 aromatic rings. The number of ether oxygens (including phenoxy) is 3. The number of likely N-dealkylation sites (N-methyl/N-ethyl adjacent to an activating group) is 1. The smallest absolute Gasteiger partial charge is 0.305 e. The molecule has 0 bridgehead atoms. The molecular formula is C52H103NO6. The topological polar surface area (TPSA) is 85.3 Å².